The summed E-state index contributed by atoms with van der Waals surface area (Å²) >= 11 is 0. The van der Waals surface area contributed by atoms with E-state index in [-0.39, 0.29) is 17.5 Å². The van der Waals surface area contributed by atoms with Crippen LogP contribution in [0.25, 0.3) is 77.9 Å². The molecule has 1 N–H and O–H groups in total. The average Bonchev–Trinajstić information content (AvgIpc) is 4.05. The number of hydrogen-bond donors (Lipinski definition) is 1. The Kier molecular flexibility index (Phi) is 10.6. The number of hydrogen-bond acceptors (Lipinski definition) is 2. The van der Waals surface area contributed by atoms with Gasteiger partial charge in [0, 0.05) is 11.5 Å². The largest absolute Gasteiger partial charge is 0.363 e. The third-order valence-corrected chi connectivity index (χ3v) is 14.4. The van der Waals surface area contributed by atoms with Gasteiger partial charge < -0.3 is 5.32 Å². The summed E-state index contributed by atoms with van der Waals surface area (Å²) in [6.07, 6.45) is 0. The number of nitrogens with zero attached hydrogens (tertiary/aromatic N) is 1. The summed E-state index contributed by atoms with van der Waals surface area (Å²) in [7, 11) is 0. The lowest BCUT2D eigenvalue weighted by Gasteiger charge is -2.31. The van der Waals surface area contributed by atoms with Gasteiger partial charge in [0.15, 0.2) is 0 Å². The fourth-order valence-corrected chi connectivity index (χ4v) is 11.0. The van der Waals surface area contributed by atoms with Crippen LogP contribution in [0.15, 0.2) is 266 Å². The lowest BCUT2D eigenvalue weighted by Crippen LogP contribution is -2.37. The van der Waals surface area contributed by atoms with E-state index in [0.29, 0.717) is 5.92 Å². The maximum Gasteiger partial charge on any atom is 0.129 e. The highest BCUT2D eigenvalue weighted by Crippen LogP contribution is 2.67. The third kappa shape index (κ3) is 7.45. The number of benzene rings is 10. The van der Waals surface area contributed by atoms with Gasteiger partial charge in [-0.25, -0.2) is 0 Å². The van der Waals surface area contributed by atoms with Gasteiger partial charge in [-0.2, -0.15) is 0 Å². The SMILES string of the molecule is CC1C2C(c3cc(-c4cc(-c5ccccc5)ccc4-c4ccccc4)cc(-c4cc(-c5ccccc5)c(-c5ccccc5)cc4-c4ccccc4)c3)NC(c3ccccc3)=NC12c1ccccc1. The van der Waals surface area contributed by atoms with Crippen molar-refractivity contribution in [3.8, 4) is 77.9 Å². The average molecular weight is 871 g/mol. The van der Waals surface area contributed by atoms with E-state index in [1.54, 1.807) is 0 Å². The van der Waals surface area contributed by atoms with E-state index in [0.717, 1.165) is 11.4 Å². The van der Waals surface area contributed by atoms with Crippen molar-refractivity contribution in [1.29, 1.82) is 0 Å². The van der Waals surface area contributed by atoms with Crippen molar-refractivity contribution in [3.05, 3.63) is 278 Å². The first-order valence-electron chi connectivity index (χ1n) is 23.8. The van der Waals surface area contributed by atoms with Gasteiger partial charge in [0.25, 0.3) is 0 Å². The normalized spacial score (nSPS) is 18.2. The first-order chi connectivity index (χ1) is 33.6. The zero-order chi connectivity index (χ0) is 45.4. The molecule has 0 spiro atoms. The predicted octanol–water partition coefficient (Wildman–Crippen LogP) is 16.6. The van der Waals surface area contributed by atoms with E-state index in [9.17, 15) is 0 Å². The fraction of sp³-hybridized carbons (Fsp3) is 0.0758. The maximum absolute atomic E-state index is 5.69. The first kappa shape index (κ1) is 41.1. The minimum atomic E-state index is -0.367. The van der Waals surface area contributed by atoms with E-state index >= 15 is 0 Å². The molecule has 0 radical (unpaired) electrons. The molecule has 1 saturated carbocycles. The van der Waals surface area contributed by atoms with E-state index in [1.165, 1.54) is 89.0 Å². The number of aliphatic imine (C=N–C) groups is 1. The summed E-state index contributed by atoms with van der Waals surface area (Å²) in [5.74, 6) is 1.46. The lowest BCUT2D eigenvalue weighted by atomic mass is 9.82. The molecule has 0 amide bonds. The van der Waals surface area contributed by atoms with Crippen LogP contribution in [0.4, 0.5) is 0 Å². The Morgan fingerprint density at radius 3 is 1.18 bits per heavy atom. The summed E-state index contributed by atoms with van der Waals surface area (Å²) in [6, 6.07) is 95.2. The molecule has 1 heterocycles. The zero-order valence-corrected chi connectivity index (χ0v) is 38.0. The molecule has 1 aliphatic carbocycles. The van der Waals surface area contributed by atoms with Gasteiger partial charge in [-0.1, -0.05) is 231 Å². The van der Waals surface area contributed by atoms with E-state index < -0.39 is 0 Å². The van der Waals surface area contributed by atoms with Crippen LogP contribution in [0, 0.1) is 11.8 Å². The molecule has 4 unspecified atom stereocenters. The molecular weight excluding hydrogens is 821 g/mol. The quantitative estimate of drug-likeness (QED) is 0.145. The molecule has 0 aromatic heterocycles. The topological polar surface area (TPSA) is 24.4 Å². The van der Waals surface area contributed by atoms with Crippen LogP contribution in [-0.4, -0.2) is 5.84 Å². The first-order valence-corrected chi connectivity index (χ1v) is 23.8. The van der Waals surface area contributed by atoms with Gasteiger partial charge in [-0.15, -0.1) is 0 Å². The molecule has 10 aromatic carbocycles. The smallest absolute Gasteiger partial charge is 0.129 e. The highest BCUT2D eigenvalue weighted by atomic mass is 15.2. The van der Waals surface area contributed by atoms with Crippen LogP contribution in [0.1, 0.15) is 29.7 Å². The highest BCUT2D eigenvalue weighted by molar-refractivity contribution is 6.01. The Hall–Kier alpha value is -8.33. The van der Waals surface area contributed by atoms with Crippen molar-refractivity contribution in [2.24, 2.45) is 16.8 Å². The van der Waals surface area contributed by atoms with Gasteiger partial charge >= 0.3 is 0 Å². The van der Waals surface area contributed by atoms with Crippen molar-refractivity contribution in [2.45, 2.75) is 18.5 Å². The van der Waals surface area contributed by atoms with Crippen LogP contribution in [-0.2, 0) is 5.54 Å². The summed E-state index contributed by atoms with van der Waals surface area (Å²) in [5, 5.41) is 4.11. The molecule has 1 aliphatic heterocycles. The molecule has 0 saturated heterocycles. The second-order valence-electron chi connectivity index (χ2n) is 18.3. The van der Waals surface area contributed by atoms with Gasteiger partial charge in [-0.05, 0) is 131 Å². The van der Waals surface area contributed by atoms with Gasteiger partial charge in [0.1, 0.15) is 5.84 Å². The van der Waals surface area contributed by atoms with Crippen LogP contribution in [0.5, 0.6) is 0 Å². The fourth-order valence-electron chi connectivity index (χ4n) is 11.0. The van der Waals surface area contributed by atoms with Crippen molar-refractivity contribution in [3.63, 3.8) is 0 Å². The van der Waals surface area contributed by atoms with Crippen LogP contribution in [0.3, 0.4) is 0 Å². The van der Waals surface area contributed by atoms with Crippen molar-refractivity contribution >= 4 is 5.84 Å². The molecule has 1 fully saturated rings. The molecule has 0 bridgehead atoms. The van der Waals surface area contributed by atoms with Crippen molar-refractivity contribution in [2.75, 3.05) is 0 Å². The van der Waals surface area contributed by atoms with Crippen LogP contribution in [0.2, 0.25) is 0 Å². The van der Waals surface area contributed by atoms with E-state index in [2.05, 4.69) is 273 Å². The number of amidine groups is 1. The maximum atomic E-state index is 5.69. The predicted molar refractivity (Wildman–Crippen MR) is 284 cm³/mol. The van der Waals surface area contributed by atoms with Gasteiger partial charge in [-0.3, -0.25) is 4.99 Å². The summed E-state index contributed by atoms with van der Waals surface area (Å²) in [5.41, 5.74) is 19.9. The standard InChI is InChI=1S/C66H50N2/c1-45-63-64(67-65(51-33-19-7-20-34-51)68-66(45,63)56-35-21-8-22-36-56)55-40-53(58-42-52(46-23-9-2-10-24-46)37-38-57(58)47-25-11-3-12-26-47)39-54(41-55)62-44-60(49-29-15-5-16-30-49)59(48-27-13-4-14-28-48)43-61(62)50-31-17-6-18-32-50/h2-45,63-64H,1H3,(H,67,68). The molecular formula is C66H50N2. The lowest BCUT2D eigenvalue weighted by molar-refractivity contribution is 0.471. The molecule has 2 aliphatic rings. The zero-order valence-electron chi connectivity index (χ0n) is 38.0. The molecule has 2 heteroatoms. The van der Waals surface area contributed by atoms with Crippen LogP contribution >= 0.6 is 0 Å². The molecule has 68 heavy (non-hydrogen) atoms. The Balaban J connectivity index is 1.15. The van der Waals surface area contributed by atoms with Gasteiger partial charge in [0.2, 0.25) is 0 Å². The molecule has 324 valence electrons. The molecule has 10 aromatic rings. The van der Waals surface area contributed by atoms with Crippen molar-refractivity contribution < 1.29 is 0 Å². The van der Waals surface area contributed by atoms with E-state index in [1.807, 2.05) is 0 Å². The molecule has 4 atom stereocenters. The summed E-state index contributed by atoms with van der Waals surface area (Å²) < 4.78 is 0. The minimum absolute atomic E-state index is 0.0357. The summed E-state index contributed by atoms with van der Waals surface area (Å²) in [6.45, 7) is 2.40. The van der Waals surface area contributed by atoms with Crippen LogP contribution < -0.4 is 5.32 Å². The van der Waals surface area contributed by atoms with Gasteiger partial charge in [0.05, 0.1) is 11.6 Å². The van der Waals surface area contributed by atoms with E-state index in [4.69, 9.17) is 4.99 Å². The number of nitrogens with one attached hydrogen (secondary N) is 1. The number of fused-ring (bicyclic) bond motifs is 1. The van der Waals surface area contributed by atoms with Crippen molar-refractivity contribution in [1.82, 2.24) is 5.32 Å². The molecule has 12 rings (SSSR count). The monoisotopic (exact) mass is 870 g/mol. The highest BCUT2D eigenvalue weighted by Gasteiger charge is 2.68. The Bertz CT molecular complexity index is 3410. The Labute approximate surface area is 400 Å². The Morgan fingerprint density at radius 1 is 0.324 bits per heavy atom. The molecule has 2 nitrogen and oxygen atoms in total. The third-order valence-electron chi connectivity index (χ3n) is 14.4. The second-order valence-corrected chi connectivity index (χ2v) is 18.3. The Morgan fingerprint density at radius 2 is 0.706 bits per heavy atom. The second kappa shape index (κ2) is 17.5. The summed E-state index contributed by atoms with van der Waals surface area (Å²) in [4.78, 5) is 5.69. The minimum Gasteiger partial charge on any atom is -0.363 e. The number of rotatable bonds is 10.